The van der Waals surface area contributed by atoms with Crippen molar-refractivity contribution in [3.8, 4) is 16.3 Å². The van der Waals surface area contributed by atoms with Gasteiger partial charge in [0.25, 0.3) is 0 Å². The van der Waals surface area contributed by atoms with E-state index < -0.39 is 0 Å². The summed E-state index contributed by atoms with van der Waals surface area (Å²) in [5, 5.41) is 1.17. The Bertz CT molecular complexity index is 1630. The Balaban J connectivity index is 0.000000140. The quantitative estimate of drug-likeness (QED) is 0.195. The maximum Gasteiger partial charge on any atom is 0.217 e. The second kappa shape index (κ2) is 9.74. The van der Waals surface area contributed by atoms with E-state index in [1.807, 2.05) is 79.3 Å². The minimum Gasteiger partial charge on any atom is -0.303 e. The molecule has 0 aliphatic rings. The van der Waals surface area contributed by atoms with E-state index in [0.29, 0.717) is 0 Å². The predicted octanol–water partition coefficient (Wildman–Crippen LogP) is 6.84. The summed E-state index contributed by atoms with van der Waals surface area (Å²) in [5.41, 5.74) is 4.30. The number of hydrogen-bond acceptors (Lipinski definition) is 3. The van der Waals surface area contributed by atoms with E-state index in [0.717, 1.165) is 33.1 Å². The van der Waals surface area contributed by atoms with E-state index in [9.17, 15) is 0 Å². The molecular weight excluding hydrogens is 617 g/mol. The van der Waals surface area contributed by atoms with Crippen molar-refractivity contribution in [2.75, 3.05) is 0 Å². The number of nitrogens with zero attached hydrogens (tertiary/aromatic N) is 4. The molecule has 0 amide bonds. The zero-order valence-electron chi connectivity index (χ0n) is 17.9. The summed E-state index contributed by atoms with van der Waals surface area (Å²) >= 11 is 1.73. The topological polar surface area (TPSA) is 35.1 Å². The second-order valence-electron chi connectivity index (χ2n) is 7.44. The molecule has 0 bridgehead atoms. The van der Waals surface area contributed by atoms with Crippen LogP contribution in [0.2, 0.25) is 0 Å². The van der Waals surface area contributed by atoms with Crippen molar-refractivity contribution < 1.29 is 20.1 Å². The zero-order valence-corrected chi connectivity index (χ0v) is 21.1. The smallest absolute Gasteiger partial charge is 0.217 e. The number of para-hydroxylation sites is 3. The van der Waals surface area contributed by atoms with Gasteiger partial charge in [0.05, 0.1) is 11.0 Å². The minimum atomic E-state index is 0. The number of fused-ring (bicyclic) bond motifs is 4. The van der Waals surface area contributed by atoms with E-state index >= 15 is 0 Å². The van der Waals surface area contributed by atoms with Crippen LogP contribution in [-0.4, -0.2) is 18.9 Å². The normalized spacial score (nSPS) is 10.7. The van der Waals surface area contributed by atoms with Crippen molar-refractivity contribution in [3.05, 3.63) is 122 Å². The van der Waals surface area contributed by atoms with E-state index in [1.54, 1.807) is 11.3 Å². The fourth-order valence-corrected chi connectivity index (χ4v) is 4.89. The Morgan fingerprint density at radius 1 is 0.735 bits per heavy atom. The van der Waals surface area contributed by atoms with Gasteiger partial charge in [-0.2, -0.15) is 24.3 Å². The fraction of sp³-hybridized carbons (Fsp3) is 0. The first-order valence-corrected chi connectivity index (χ1v) is 11.4. The molecule has 167 valence electrons. The van der Waals surface area contributed by atoms with E-state index in [1.165, 1.54) is 10.1 Å². The summed E-state index contributed by atoms with van der Waals surface area (Å²) in [7, 11) is 0. The van der Waals surface area contributed by atoms with Crippen LogP contribution in [0.4, 0.5) is 0 Å². The largest absolute Gasteiger partial charge is 0.303 e. The van der Waals surface area contributed by atoms with E-state index in [2.05, 4.69) is 61.4 Å². The van der Waals surface area contributed by atoms with Gasteiger partial charge in [-0.1, -0.05) is 42.1 Å². The molecule has 34 heavy (non-hydrogen) atoms. The van der Waals surface area contributed by atoms with Crippen LogP contribution >= 0.6 is 11.3 Å². The molecular formula is C28H18IrN4S-2. The number of hydrogen-bond donors (Lipinski definition) is 0. The van der Waals surface area contributed by atoms with E-state index in [-0.39, 0.29) is 20.1 Å². The third kappa shape index (κ3) is 4.08. The molecule has 0 saturated carbocycles. The molecule has 0 aliphatic heterocycles. The van der Waals surface area contributed by atoms with Gasteiger partial charge >= 0.3 is 0 Å². The van der Waals surface area contributed by atoms with Gasteiger partial charge in [-0.3, -0.25) is 4.40 Å². The first-order valence-electron chi connectivity index (χ1n) is 10.6. The molecule has 0 fully saturated rings. The summed E-state index contributed by atoms with van der Waals surface area (Å²) < 4.78 is 5.48. The molecule has 3 aromatic carbocycles. The Hall–Kier alpha value is -3.57. The van der Waals surface area contributed by atoms with Crippen LogP contribution < -0.4 is 0 Å². The zero-order chi connectivity index (χ0) is 22.0. The van der Waals surface area contributed by atoms with Gasteiger partial charge in [-0.15, -0.1) is 29.7 Å². The van der Waals surface area contributed by atoms with Crippen LogP contribution in [0.1, 0.15) is 0 Å². The monoisotopic (exact) mass is 635 g/mol. The summed E-state index contributed by atoms with van der Waals surface area (Å²) in [5.74, 6) is 0.915. The standard InChI is InChI=1S/C15H10N3.C13H8NS.Ir/c1-2-6-12(7-3-1)18-14-9-5-4-8-13(14)17-11-10-16-15(17)18;1-2-7-12-10(5-1)9-13(15-12)11-6-3-4-8-14-11;/h1-6,8-11H;1-8H;/q2*-1;. The molecule has 6 heteroatoms. The van der Waals surface area contributed by atoms with Crippen molar-refractivity contribution in [2.24, 2.45) is 0 Å². The first-order chi connectivity index (χ1) is 16.4. The van der Waals surface area contributed by atoms with Crippen LogP contribution in [0.15, 0.2) is 110 Å². The Kier molecular flexibility index (Phi) is 6.37. The van der Waals surface area contributed by atoms with Crippen LogP contribution in [0.25, 0.3) is 43.2 Å². The molecule has 7 rings (SSSR count). The van der Waals surface area contributed by atoms with Crippen LogP contribution in [0, 0.1) is 12.1 Å². The Labute approximate surface area is 214 Å². The molecule has 0 saturated heterocycles. The van der Waals surface area contributed by atoms with Gasteiger partial charge in [-0.05, 0) is 27.8 Å². The van der Waals surface area contributed by atoms with Gasteiger partial charge in [0.15, 0.2) is 0 Å². The molecule has 7 aromatic rings. The average molecular weight is 635 g/mol. The number of pyridine rings is 1. The average Bonchev–Trinajstić information content (AvgIpc) is 3.60. The van der Waals surface area contributed by atoms with Gasteiger partial charge in [0.2, 0.25) is 5.78 Å². The fourth-order valence-electron chi connectivity index (χ4n) is 3.90. The van der Waals surface area contributed by atoms with Gasteiger partial charge in [0.1, 0.15) is 0 Å². The van der Waals surface area contributed by atoms with Crippen LogP contribution in [0.3, 0.4) is 0 Å². The SMILES string of the molecule is [Ir].[c-]1c(-c2ccccn2)sc2ccccc12.[c-]1ccccc1-n1c2ccccc2n2ccnc12. The van der Waals surface area contributed by atoms with Crippen molar-refractivity contribution in [3.63, 3.8) is 0 Å². The predicted molar refractivity (Wildman–Crippen MR) is 135 cm³/mol. The van der Waals surface area contributed by atoms with E-state index in [4.69, 9.17) is 0 Å². The number of aromatic nitrogens is 4. The van der Waals surface area contributed by atoms with Crippen LogP contribution in [0.5, 0.6) is 0 Å². The van der Waals surface area contributed by atoms with Crippen molar-refractivity contribution in [2.45, 2.75) is 0 Å². The Morgan fingerprint density at radius 2 is 1.53 bits per heavy atom. The molecule has 0 atom stereocenters. The number of rotatable bonds is 2. The number of imidazole rings is 2. The summed E-state index contributed by atoms with van der Waals surface area (Å²) in [4.78, 5) is 9.87. The number of thiophene rings is 1. The third-order valence-corrected chi connectivity index (χ3v) is 6.47. The van der Waals surface area contributed by atoms with Crippen molar-refractivity contribution in [1.82, 2.24) is 18.9 Å². The molecule has 0 spiro atoms. The van der Waals surface area contributed by atoms with Crippen molar-refractivity contribution in [1.29, 1.82) is 0 Å². The van der Waals surface area contributed by atoms with Crippen molar-refractivity contribution >= 4 is 38.2 Å². The maximum atomic E-state index is 4.44. The first kappa shape index (κ1) is 22.2. The van der Waals surface area contributed by atoms with Gasteiger partial charge in [-0.25, -0.2) is 16.3 Å². The second-order valence-corrected chi connectivity index (χ2v) is 8.49. The Morgan fingerprint density at radius 3 is 2.32 bits per heavy atom. The summed E-state index contributed by atoms with van der Waals surface area (Å²) in [6, 6.07) is 37.1. The third-order valence-electron chi connectivity index (χ3n) is 5.38. The summed E-state index contributed by atoms with van der Waals surface area (Å²) in [6.07, 6.45) is 5.62. The maximum absolute atomic E-state index is 4.44. The molecule has 1 radical (unpaired) electrons. The number of benzene rings is 3. The molecule has 0 aliphatic carbocycles. The van der Waals surface area contributed by atoms with Crippen LogP contribution in [-0.2, 0) is 20.1 Å². The molecule has 0 N–H and O–H groups in total. The molecule has 0 unspecified atom stereocenters. The molecule has 4 aromatic heterocycles. The summed E-state index contributed by atoms with van der Waals surface area (Å²) in [6.45, 7) is 0. The molecule has 4 nitrogen and oxygen atoms in total. The van der Waals surface area contributed by atoms with Gasteiger partial charge in [0, 0.05) is 44.4 Å². The molecule has 4 heterocycles. The van der Waals surface area contributed by atoms with Gasteiger partial charge < -0.3 is 9.55 Å². The minimum absolute atomic E-state index is 0.